The molecular formula is C93H79B29. The van der Waals surface area contributed by atoms with Crippen molar-refractivity contribution < 1.29 is 0 Å². The second-order valence-corrected chi connectivity index (χ2v) is 33.2. The highest BCUT2D eigenvalue weighted by Crippen LogP contribution is 2.54. The lowest BCUT2D eigenvalue weighted by atomic mass is 8.66. The quantitative estimate of drug-likeness (QED) is 0.0415. The summed E-state index contributed by atoms with van der Waals surface area (Å²) in [5.41, 5.74) is 27.0. The number of hydrogen-bond donors (Lipinski definition) is 0. The largest absolute Gasteiger partial charge is 0.139 e. The van der Waals surface area contributed by atoms with Gasteiger partial charge in [0, 0.05) is 83.6 Å². The highest BCUT2D eigenvalue weighted by molar-refractivity contribution is 7.89. The maximum Gasteiger partial charge on any atom is 0.139 e. The third-order valence-electron chi connectivity index (χ3n) is 25.2. The van der Waals surface area contributed by atoms with E-state index in [1.54, 1.807) is 37.2 Å². The van der Waals surface area contributed by atoms with Crippen LogP contribution in [0.25, 0.3) is 76.1 Å². The number of hydrogen-bond acceptors (Lipinski definition) is 0. The molecule has 0 aliphatic carbocycles. The van der Waals surface area contributed by atoms with Crippen LogP contribution in [-0.4, -0.2) is 209 Å². The molecule has 0 aliphatic rings. The molecule has 0 amide bonds. The van der Waals surface area contributed by atoms with Gasteiger partial charge in [-0.3, -0.25) is 0 Å². The van der Waals surface area contributed by atoms with Crippen molar-refractivity contribution in [3.05, 3.63) is 100 Å². The van der Waals surface area contributed by atoms with Crippen LogP contribution < -0.4 is 32.8 Å². The zero-order valence-corrected chi connectivity index (χ0v) is 77.3. The first-order valence-corrected chi connectivity index (χ1v) is 42.3. The van der Waals surface area contributed by atoms with E-state index in [1.165, 1.54) is 71.5 Å². The van der Waals surface area contributed by atoms with Gasteiger partial charge in [-0.2, -0.15) is 0 Å². The van der Waals surface area contributed by atoms with E-state index in [0.717, 1.165) is 65.3 Å². The van der Waals surface area contributed by atoms with Crippen LogP contribution in [0, 0.1) is 320 Å². The van der Waals surface area contributed by atoms with Crippen molar-refractivity contribution in [3.8, 4) is 273 Å². The van der Waals surface area contributed by atoms with Gasteiger partial charge in [-0.25, -0.2) is 0 Å². The Kier molecular flexibility index (Phi) is 33.4. The van der Waals surface area contributed by atoms with E-state index in [0.29, 0.717) is 109 Å². The molecule has 8 aromatic carbocycles. The van der Waals surface area contributed by atoms with E-state index >= 15 is 0 Å². The van der Waals surface area contributed by atoms with E-state index in [9.17, 15) is 0 Å². The van der Waals surface area contributed by atoms with Crippen molar-refractivity contribution in [1.82, 2.24) is 0 Å². The Labute approximate surface area is 753 Å². The fourth-order valence-corrected chi connectivity index (χ4v) is 19.2. The Morgan fingerprint density at radius 3 is 1.11 bits per heavy atom. The van der Waals surface area contributed by atoms with E-state index in [2.05, 4.69) is 405 Å². The average molecular weight is 1510 g/mol. The third kappa shape index (κ3) is 18.3. The summed E-state index contributed by atoms with van der Waals surface area (Å²) < 4.78 is 0. The van der Waals surface area contributed by atoms with Crippen LogP contribution in [-0.2, 0) is 0 Å². The second kappa shape index (κ2) is 42.8. The van der Waals surface area contributed by atoms with Gasteiger partial charge in [-0.15, -0.1) is 49.0 Å². The Morgan fingerprint density at radius 2 is 0.664 bits per heavy atom. The molecule has 8 rings (SSSR count). The number of aryl methyl sites for hydroxylation is 6. The summed E-state index contributed by atoms with van der Waals surface area (Å²) >= 11 is 0. The molecular weight excluding hydrogens is 1430 g/mol. The lowest BCUT2D eigenvalue weighted by Gasteiger charge is -2.41. The topological polar surface area (TPSA) is 0 Å². The Morgan fingerprint density at radius 1 is 0.262 bits per heavy atom. The van der Waals surface area contributed by atoms with Gasteiger partial charge in [0.05, 0.1) is 182 Å². The van der Waals surface area contributed by atoms with E-state index in [1.807, 2.05) is 6.92 Å². The highest BCUT2D eigenvalue weighted by Gasteiger charge is 2.44. The zero-order valence-electron chi connectivity index (χ0n) is 77.3. The normalized spacial score (nSPS) is 9.11. The predicted molar refractivity (Wildman–Crippen MR) is 604 cm³/mol. The molecule has 29 heteroatoms. The molecule has 0 atom stereocenters. The monoisotopic (exact) mass is 1510 g/mol. The van der Waals surface area contributed by atoms with Gasteiger partial charge in [-0.05, 0) is 349 Å². The van der Waals surface area contributed by atoms with Crippen LogP contribution in [0.2, 0.25) is 0 Å². The zero-order chi connectivity index (χ0) is 90.0. The van der Waals surface area contributed by atoms with E-state index in [-0.39, 0.29) is 32.4 Å². The van der Waals surface area contributed by atoms with Gasteiger partial charge in [-0.1, -0.05) is 81.1 Å². The molecule has 0 radical (unpaired) electrons. The minimum Gasteiger partial charge on any atom is -0.115 e. The van der Waals surface area contributed by atoms with Gasteiger partial charge in [0.1, 0.15) is 15.0 Å². The first-order chi connectivity index (χ1) is 58.4. The molecule has 0 aromatic heterocycles. The van der Waals surface area contributed by atoms with Gasteiger partial charge >= 0.3 is 0 Å². The molecule has 0 unspecified atom stereocenters. The Hall–Kier alpha value is -12.3. The molecule has 538 valence electrons. The number of fused-ring (bicyclic) bond motifs is 6. The molecule has 0 aliphatic heterocycles. The van der Waals surface area contributed by atoms with Crippen molar-refractivity contribution in [3.63, 3.8) is 0 Å². The molecule has 0 saturated carbocycles. The number of terminal acetylenes is 5. The number of rotatable bonds is 15. The summed E-state index contributed by atoms with van der Waals surface area (Å²) in [7, 11) is 42.3. The molecule has 0 bridgehead atoms. The van der Waals surface area contributed by atoms with E-state index < -0.39 is 0 Å². The maximum absolute atomic E-state index is 6.93. The summed E-state index contributed by atoms with van der Waals surface area (Å²) in [6.45, 7) is 29.0. The van der Waals surface area contributed by atoms with Crippen molar-refractivity contribution in [2.24, 2.45) is 0 Å². The molecule has 0 fully saturated rings. The molecule has 122 heavy (non-hydrogen) atoms. The summed E-state index contributed by atoms with van der Waals surface area (Å²) in [5, 5.41) is 9.47. The fraction of sp³-hybridized carbons (Fsp3) is 0.140. The van der Waals surface area contributed by atoms with Crippen LogP contribution in [0.15, 0.2) is 0 Å². The predicted octanol–water partition coefficient (Wildman–Crippen LogP) is -10.4. The Bertz CT molecular complexity index is 7300. The molecule has 8 aromatic rings. The molecule has 0 nitrogen and oxygen atoms in total. The average Bonchev–Trinajstić information content (AvgIpc) is 0.689. The molecule has 0 spiro atoms. The first-order valence-electron chi connectivity index (χ1n) is 42.3. The highest BCUT2D eigenvalue weighted by atomic mass is 14.3. The van der Waals surface area contributed by atoms with Gasteiger partial charge < -0.3 is 0 Å². The smallest absolute Gasteiger partial charge is 0.115 e. The van der Waals surface area contributed by atoms with Gasteiger partial charge in [0.15, 0.2) is 0 Å². The molecule has 0 N–H and O–H groups in total. The minimum absolute atomic E-state index is 0.157. The lowest BCUT2D eigenvalue weighted by Crippen LogP contribution is -2.80. The van der Waals surface area contributed by atoms with Crippen LogP contribution in [0.5, 0.6) is 0 Å². The third-order valence-corrected chi connectivity index (χ3v) is 25.2. The van der Waals surface area contributed by atoms with Crippen molar-refractivity contribution in [2.75, 3.05) is 0 Å². The summed E-state index contributed by atoms with van der Waals surface area (Å²) in [5.74, 6) is 112. The molecule has 0 heterocycles. The van der Waals surface area contributed by atoms with Crippen LogP contribution >= 0.6 is 0 Å². The lowest BCUT2D eigenvalue weighted by molar-refractivity contribution is 1.24. The van der Waals surface area contributed by atoms with Gasteiger partial charge in [0.25, 0.3) is 0 Å². The molecule has 0 saturated heterocycles. The van der Waals surface area contributed by atoms with Crippen molar-refractivity contribution >= 4 is 296 Å². The standard InChI is InChI=1S/C93H79B29/c1-19-27-33-37-39-40-43-48-55-73-75-63(16)66(26-8)67(49-25-7)70(50-32-24-6)82(75)83-71(53-44-31-23-5)68(51-45-36-30-22-4)69(52-46-41-35-29-21-3)72(54-47-42-38-34-28-20-2)84(83)85(73)77-61(14)58(11)62(15)78-79(77)64(17)74-59(12)56(9)57(10)60(13)76(74)86(78)80-65(18)81-87(88(94)89(80)110-95)91(116(121(107)108)122(109)112-97)93(115(119(103)104)120(105)106)92(114(111-96)118(101)102)90(81)113(98)117(99)100/h1-2,4,6,8,110-112H,94-109H2,3,5,7,9-18H3. The minimum atomic E-state index is 0.157. The van der Waals surface area contributed by atoms with E-state index in [4.69, 9.17) is 32.1 Å². The van der Waals surface area contributed by atoms with Crippen LogP contribution in [0.4, 0.5) is 0 Å². The summed E-state index contributed by atoms with van der Waals surface area (Å²) in [4.78, 5) is 0. The fourth-order valence-electron chi connectivity index (χ4n) is 19.2. The second-order valence-electron chi connectivity index (χ2n) is 33.2. The number of benzene rings is 8. The maximum atomic E-state index is 6.93. The first kappa shape index (κ1) is 95.2. The van der Waals surface area contributed by atoms with Crippen molar-refractivity contribution in [1.29, 1.82) is 0 Å². The van der Waals surface area contributed by atoms with Crippen LogP contribution in [0.1, 0.15) is 121 Å². The van der Waals surface area contributed by atoms with Crippen LogP contribution in [0.3, 0.4) is 0 Å². The summed E-state index contributed by atoms with van der Waals surface area (Å²) in [6, 6.07) is 0. The Balaban J connectivity index is 2.09. The summed E-state index contributed by atoms with van der Waals surface area (Å²) in [6.07, 6.45) is 32.3. The van der Waals surface area contributed by atoms with Gasteiger partial charge in [0.2, 0.25) is 0 Å². The SMILES string of the molecule is BBB(B)B(B(B)B)c1c(B(B(B)B)B(B)B)c(B(BB)B(B)B)c(B(B)B(B)B)c2c(C)c(-c3c4c(C)c(C)c(C)c(C)c4c(C)c4c(-c5c(C#CC#CC#CC#CC#C)c6c(C)c(C#C)c(C#CC)c(C#CC#C)c6c6c(C#CC#CC)c(C#CC#CC#C)c(C#CC#CC#CC)c(C#CC#CC#CC#C)c56)c(C)c(C)c(C)c34)c(BB)c(B)c12. The van der Waals surface area contributed by atoms with Crippen molar-refractivity contribution in [2.45, 2.75) is 90.0 Å².